The summed E-state index contributed by atoms with van der Waals surface area (Å²) >= 11 is 1.52. The van der Waals surface area contributed by atoms with Crippen LogP contribution in [0.4, 0.5) is 5.13 Å². The summed E-state index contributed by atoms with van der Waals surface area (Å²) in [6.45, 7) is 8.94. The van der Waals surface area contributed by atoms with Crippen molar-refractivity contribution in [1.29, 1.82) is 0 Å². The van der Waals surface area contributed by atoms with Crippen molar-refractivity contribution in [2.75, 3.05) is 31.6 Å². The van der Waals surface area contributed by atoms with Gasteiger partial charge in [-0.1, -0.05) is 81.4 Å². The summed E-state index contributed by atoms with van der Waals surface area (Å²) in [6, 6.07) is 21.1. The Labute approximate surface area is 213 Å². The van der Waals surface area contributed by atoms with Crippen molar-refractivity contribution in [3.05, 3.63) is 71.7 Å². The fourth-order valence-corrected chi connectivity index (χ4v) is 7.50. The van der Waals surface area contributed by atoms with Crippen LogP contribution in [0, 0.1) is 11.3 Å². The molecular weight excluding hydrogens is 474 g/mol. The zero-order valence-electron chi connectivity index (χ0n) is 20.7. The lowest BCUT2D eigenvalue weighted by Crippen LogP contribution is -2.65. The third-order valence-electron chi connectivity index (χ3n) is 6.89. The average Bonchev–Trinajstić information content (AvgIpc) is 3.28. The molecule has 5 rings (SSSR count). The highest BCUT2D eigenvalue weighted by Crippen LogP contribution is 2.43. The fourth-order valence-electron chi connectivity index (χ4n) is 4.53. The van der Waals surface area contributed by atoms with Gasteiger partial charge in [0, 0.05) is 38.0 Å². The summed E-state index contributed by atoms with van der Waals surface area (Å²) in [5.41, 5.74) is 0.596. The van der Waals surface area contributed by atoms with E-state index in [1.807, 2.05) is 17.5 Å². The van der Waals surface area contributed by atoms with Gasteiger partial charge in [0.15, 0.2) is 5.13 Å². The Balaban J connectivity index is 1.39. The lowest BCUT2D eigenvalue weighted by atomic mass is 9.74. The molecule has 2 fully saturated rings. The van der Waals surface area contributed by atoms with Gasteiger partial charge in [-0.3, -0.25) is 4.79 Å². The predicted octanol–water partition coefficient (Wildman–Crippen LogP) is 3.24. The van der Waals surface area contributed by atoms with E-state index >= 15 is 0 Å². The van der Waals surface area contributed by atoms with Crippen molar-refractivity contribution in [3.63, 3.8) is 0 Å². The van der Waals surface area contributed by atoms with Crippen LogP contribution in [0.1, 0.15) is 31.3 Å². The SMILES string of the molecule is COC1CN(C(=O)c2csc(N3CC(C(C)(C)C)C3O[Si](c3ccccc3)c3ccccc3)n2)C1. The molecule has 2 unspecified atom stereocenters. The van der Waals surface area contributed by atoms with E-state index in [0.29, 0.717) is 24.7 Å². The van der Waals surface area contributed by atoms with Crippen LogP contribution in [0.2, 0.25) is 0 Å². The Morgan fingerprint density at radius 3 is 2.14 bits per heavy atom. The number of aromatic nitrogens is 1. The molecule has 0 N–H and O–H groups in total. The topological polar surface area (TPSA) is 54.9 Å². The second-order valence-corrected chi connectivity index (χ2v) is 13.2. The smallest absolute Gasteiger partial charge is 0.285 e. The minimum absolute atomic E-state index is 0.0236. The average molecular weight is 507 g/mol. The number of hydrogen-bond acceptors (Lipinski definition) is 6. The van der Waals surface area contributed by atoms with Crippen LogP contribution in [0.15, 0.2) is 66.0 Å². The van der Waals surface area contributed by atoms with E-state index in [1.54, 1.807) is 12.0 Å². The standard InChI is InChI=1S/C27H32N3O3SSi/c1-27(2,3)22-17-30(26-28-23(18-34-26)24(31)29-15-19(16-29)32-4)25(22)33-35(20-11-7-5-8-12-20)21-13-9-6-10-14-21/h5-14,18-19,22,25H,15-17H2,1-4H3. The van der Waals surface area contributed by atoms with Crippen molar-refractivity contribution in [2.24, 2.45) is 11.3 Å². The third kappa shape index (κ3) is 4.93. The lowest BCUT2D eigenvalue weighted by Gasteiger charge is -2.53. The molecule has 2 aromatic carbocycles. The first-order valence-electron chi connectivity index (χ1n) is 12.0. The van der Waals surface area contributed by atoms with Crippen LogP contribution < -0.4 is 15.3 Å². The predicted molar refractivity (Wildman–Crippen MR) is 142 cm³/mol. The zero-order valence-corrected chi connectivity index (χ0v) is 22.5. The number of methoxy groups -OCH3 is 1. The molecule has 3 aromatic rings. The second-order valence-electron chi connectivity index (χ2n) is 10.3. The van der Waals surface area contributed by atoms with Crippen LogP contribution in [-0.2, 0) is 9.16 Å². The molecule has 8 heteroatoms. The van der Waals surface area contributed by atoms with E-state index in [9.17, 15) is 4.79 Å². The summed E-state index contributed by atoms with van der Waals surface area (Å²) in [6.07, 6.45) is 0.0367. The van der Waals surface area contributed by atoms with Gasteiger partial charge < -0.3 is 19.0 Å². The molecule has 0 spiro atoms. The van der Waals surface area contributed by atoms with Gasteiger partial charge in [0.1, 0.15) is 11.9 Å². The van der Waals surface area contributed by atoms with Gasteiger partial charge in [0.2, 0.25) is 0 Å². The number of nitrogens with zero attached hydrogens (tertiary/aromatic N) is 3. The van der Waals surface area contributed by atoms with Crippen LogP contribution in [0.5, 0.6) is 0 Å². The minimum atomic E-state index is -1.47. The van der Waals surface area contributed by atoms with E-state index in [4.69, 9.17) is 14.1 Å². The number of carbonyl (C=O) groups is 1. The van der Waals surface area contributed by atoms with Crippen LogP contribution >= 0.6 is 11.3 Å². The number of rotatable bonds is 7. The number of thiazole rings is 1. The molecule has 2 atom stereocenters. The molecule has 0 aliphatic carbocycles. The number of anilines is 1. The first kappa shape index (κ1) is 24.2. The Hall–Kier alpha value is -2.52. The monoisotopic (exact) mass is 506 g/mol. The summed E-state index contributed by atoms with van der Waals surface area (Å²) < 4.78 is 12.3. The van der Waals surface area contributed by atoms with Crippen LogP contribution in [0.25, 0.3) is 0 Å². The summed E-state index contributed by atoms with van der Waals surface area (Å²) in [7, 11) is 0.213. The first-order valence-corrected chi connectivity index (χ1v) is 14.3. The summed E-state index contributed by atoms with van der Waals surface area (Å²) in [5, 5.41) is 5.18. The van der Waals surface area contributed by atoms with Gasteiger partial charge in [-0.15, -0.1) is 11.3 Å². The second kappa shape index (κ2) is 9.85. The molecule has 35 heavy (non-hydrogen) atoms. The molecule has 3 heterocycles. The molecule has 0 saturated carbocycles. The number of carbonyl (C=O) groups excluding carboxylic acids is 1. The summed E-state index contributed by atoms with van der Waals surface area (Å²) in [4.78, 5) is 21.6. The van der Waals surface area contributed by atoms with Gasteiger partial charge in [-0.25, -0.2) is 4.98 Å². The van der Waals surface area contributed by atoms with Crippen molar-refractivity contribution in [2.45, 2.75) is 33.1 Å². The van der Waals surface area contributed by atoms with Crippen molar-refractivity contribution in [1.82, 2.24) is 9.88 Å². The summed E-state index contributed by atoms with van der Waals surface area (Å²) in [5.74, 6) is 0.334. The normalized spacial score (nSPS) is 20.6. The largest absolute Gasteiger partial charge is 0.387 e. The van der Waals surface area contributed by atoms with E-state index in [0.717, 1.165) is 11.7 Å². The molecule has 2 aliphatic rings. The molecule has 1 radical (unpaired) electrons. The zero-order chi connectivity index (χ0) is 24.6. The van der Waals surface area contributed by atoms with Gasteiger partial charge in [0.25, 0.3) is 14.9 Å². The number of benzene rings is 2. The quantitative estimate of drug-likeness (QED) is 0.461. The van der Waals surface area contributed by atoms with Crippen LogP contribution in [-0.4, -0.2) is 63.9 Å². The van der Waals surface area contributed by atoms with Gasteiger partial charge in [0.05, 0.1) is 6.10 Å². The van der Waals surface area contributed by atoms with Gasteiger partial charge >= 0.3 is 0 Å². The highest BCUT2D eigenvalue weighted by atomic mass is 32.1. The van der Waals surface area contributed by atoms with Gasteiger partial charge in [-0.05, 0) is 15.8 Å². The molecule has 6 nitrogen and oxygen atoms in total. The fraction of sp³-hybridized carbons (Fsp3) is 0.407. The lowest BCUT2D eigenvalue weighted by molar-refractivity contribution is -0.0194. The van der Waals surface area contributed by atoms with E-state index < -0.39 is 9.04 Å². The number of ether oxygens (including phenoxy) is 1. The molecule has 0 bridgehead atoms. The van der Waals surface area contributed by atoms with E-state index in [-0.39, 0.29) is 23.7 Å². The van der Waals surface area contributed by atoms with Crippen molar-refractivity contribution < 1.29 is 14.0 Å². The Bertz CT molecular complexity index is 1110. The molecule has 1 aromatic heterocycles. The maximum absolute atomic E-state index is 12.9. The van der Waals surface area contributed by atoms with Crippen molar-refractivity contribution in [3.8, 4) is 0 Å². The first-order chi connectivity index (χ1) is 16.8. The van der Waals surface area contributed by atoms with Crippen LogP contribution in [0.3, 0.4) is 0 Å². The maximum atomic E-state index is 12.9. The molecule has 2 aliphatic heterocycles. The van der Waals surface area contributed by atoms with E-state index in [2.05, 4.69) is 74.2 Å². The minimum Gasteiger partial charge on any atom is -0.387 e. The Kier molecular flexibility index (Phi) is 6.81. The highest BCUT2D eigenvalue weighted by Gasteiger charge is 2.49. The number of amides is 1. The molecule has 1 amide bonds. The van der Waals surface area contributed by atoms with Gasteiger partial charge in [-0.2, -0.15) is 0 Å². The van der Waals surface area contributed by atoms with E-state index in [1.165, 1.54) is 21.7 Å². The number of hydrogen-bond donors (Lipinski definition) is 0. The maximum Gasteiger partial charge on any atom is 0.285 e. The Morgan fingerprint density at radius 2 is 1.60 bits per heavy atom. The highest BCUT2D eigenvalue weighted by molar-refractivity contribution is 7.14. The molecular formula is C27H32N3O3SSi. The molecule has 2 saturated heterocycles. The Morgan fingerprint density at radius 1 is 1.00 bits per heavy atom. The third-order valence-corrected chi connectivity index (χ3v) is 9.96. The molecule has 183 valence electrons. The van der Waals surface area contributed by atoms with Crippen molar-refractivity contribution >= 4 is 41.8 Å². The number of likely N-dealkylation sites (tertiary alicyclic amines) is 1.